The number of benzene rings is 1. The summed E-state index contributed by atoms with van der Waals surface area (Å²) in [6.45, 7) is 2.39. The number of rotatable bonds is 3. The maximum absolute atomic E-state index is 12.1. The molecule has 0 aliphatic carbocycles. The van der Waals surface area contributed by atoms with Gasteiger partial charge in [0.25, 0.3) is 5.56 Å². The van der Waals surface area contributed by atoms with Crippen LogP contribution >= 0.6 is 15.9 Å². The average Bonchev–Trinajstić information content (AvgIpc) is 2.46. The van der Waals surface area contributed by atoms with Gasteiger partial charge in [-0.1, -0.05) is 18.2 Å². The minimum atomic E-state index is -0.0658. The summed E-state index contributed by atoms with van der Waals surface area (Å²) in [7, 11) is 0. The van der Waals surface area contributed by atoms with Crippen LogP contribution in [0.4, 0.5) is 5.69 Å². The van der Waals surface area contributed by atoms with E-state index in [0.29, 0.717) is 12.1 Å². The van der Waals surface area contributed by atoms with Crippen molar-refractivity contribution in [1.82, 2.24) is 9.97 Å². The number of nitrogens with one attached hydrogen (secondary N) is 2. The Morgan fingerprint density at radius 3 is 2.86 bits per heavy atom. The lowest BCUT2D eigenvalue weighted by atomic mass is 10.1. The fourth-order valence-electron chi connectivity index (χ4n) is 2.23. The van der Waals surface area contributed by atoms with E-state index in [2.05, 4.69) is 31.2 Å². The normalized spacial score (nSPS) is 10.8. The predicted molar refractivity (Wildman–Crippen MR) is 88.6 cm³/mol. The maximum atomic E-state index is 12.1. The van der Waals surface area contributed by atoms with Gasteiger partial charge in [0.05, 0.1) is 11.4 Å². The van der Waals surface area contributed by atoms with Gasteiger partial charge in [0.15, 0.2) is 0 Å². The lowest BCUT2D eigenvalue weighted by molar-refractivity contribution is 1.06. The summed E-state index contributed by atoms with van der Waals surface area (Å²) in [6, 6.07) is 13.5. The first-order valence-corrected chi connectivity index (χ1v) is 7.41. The van der Waals surface area contributed by atoms with Crippen LogP contribution in [0.25, 0.3) is 10.9 Å². The Morgan fingerprint density at radius 2 is 2.05 bits per heavy atom. The van der Waals surface area contributed by atoms with Crippen molar-refractivity contribution in [1.29, 1.82) is 0 Å². The van der Waals surface area contributed by atoms with E-state index in [-0.39, 0.29) is 5.56 Å². The SMILES string of the molecule is Cc1nc(Br)ccc1NCc1cc2ccccc2[nH]c1=O. The van der Waals surface area contributed by atoms with Crippen molar-refractivity contribution in [3.8, 4) is 0 Å². The molecule has 0 atom stereocenters. The predicted octanol–water partition coefficient (Wildman–Crippen LogP) is 3.61. The molecule has 2 heterocycles. The van der Waals surface area contributed by atoms with E-state index in [0.717, 1.165) is 26.9 Å². The molecule has 0 radical (unpaired) electrons. The van der Waals surface area contributed by atoms with E-state index < -0.39 is 0 Å². The molecule has 1 aromatic carbocycles. The molecular weight excluding hydrogens is 330 g/mol. The average molecular weight is 344 g/mol. The van der Waals surface area contributed by atoms with Gasteiger partial charge in [-0.15, -0.1) is 0 Å². The lowest BCUT2D eigenvalue weighted by Crippen LogP contribution is -2.16. The highest BCUT2D eigenvalue weighted by molar-refractivity contribution is 9.10. The zero-order valence-corrected chi connectivity index (χ0v) is 13.1. The maximum Gasteiger partial charge on any atom is 0.253 e. The van der Waals surface area contributed by atoms with Gasteiger partial charge in [-0.3, -0.25) is 4.79 Å². The third-order valence-corrected chi connectivity index (χ3v) is 3.79. The Labute approximate surface area is 130 Å². The molecule has 5 heteroatoms. The van der Waals surface area contributed by atoms with Gasteiger partial charge in [0.2, 0.25) is 0 Å². The second kappa shape index (κ2) is 5.69. The van der Waals surface area contributed by atoms with Gasteiger partial charge in [0, 0.05) is 17.6 Å². The molecule has 0 amide bonds. The molecule has 106 valence electrons. The molecule has 2 aromatic heterocycles. The summed E-state index contributed by atoms with van der Waals surface area (Å²) < 4.78 is 0.800. The fraction of sp³-hybridized carbons (Fsp3) is 0.125. The van der Waals surface area contributed by atoms with Gasteiger partial charge in [-0.05, 0) is 52.5 Å². The Bertz CT molecular complexity index is 858. The van der Waals surface area contributed by atoms with Crippen LogP contribution < -0.4 is 10.9 Å². The molecule has 0 spiro atoms. The minimum absolute atomic E-state index is 0.0658. The molecule has 3 rings (SSSR count). The van der Waals surface area contributed by atoms with Gasteiger partial charge in [0.1, 0.15) is 4.60 Å². The molecule has 0 fully saturated rings. The summed E-state index contributed by atoms with van der Waals surface area (Å²) in [5, 5.41) is 4.29. The first kappa shape index (κ1) is 13.8. The number of halogens is 1. The highest BCUT2D eigenvalue weighted by Crippen LogP contribution is 2.17. The van der Waals surface area contributed by atoms with E-state index in [1.807, 2.05) is 49.4 Å². The zero-order chi connectivity index (χ0) is 14.8. The van der Waals surface area contributed by atoms with Crippen molar-refractivity contribution in [2.45, 2.75) is 13.5 Å². The van der Waals surface area contributed by atoms with E-state index >= 15 is 0 Å². The monoisotopic (exact) mass is 343 g/mol. The number of hydrogen-bond acceptors (Lipinski definition) is 3. The summed E-state index contributed by atoms with van der Waals surface area (Å²) in [4.78, 5) is 19.3. The van der Waals surface area contributed by atoms with E-state index in [9.17, 15) is 4.79 Å². The Kier molecular flexibility index (Phi) is 3.75. The molecule has 4 nitrogen and oxygen atoms in total. The van der Waals surface area contributed by atoms with Crippen LogP contribution in [0.5, 0.6) is 0 Å². The van der Waals surface area contributed by atoms with Crippen LogP contribution in [0.3, 0.4) is 0 Å². The number of nitrogens with zero attached hydrogens (tertiary/aromatic N) is 1. The number of pyridine rings is 2. The lowest BCUT2D eigenvalue weighted by Gasteiger charge is -2.09. The first-order chi connectivity index (χ1) is 10.1. The topological polar surface area (TPSA) is 57.8 Å². The van der Waals surface area contributed by atoms with Crippen LogP contribution in [-0.2, 0) is 6.54 Å². The summed E-state index contributed by atoms with van der Waals surface area (Å²) in [5.41, 5.74) is 3.31. The van der Waals surface area contributed by atoms with Crippen LogP contribution in [0.15, 0.2) is 51.9 Å². The van der Waals surface area contributed by atoms with Crippen LogP contribution in [0, 0.1) is 6.92 Å². The molecule has 0 saturated carbocycles. The van der Waals surface area contributed by atoms with Crippen molar-refractivity contribution in [2.24, 2.45) is 0 Å². The molecule has 2 N–H and O–H groups in total. The van der Waals surface area contributed by atoms with Crippen LogP contribution in [0.1, 0.15) is 11.3 Å². The quantitative estimate of drug-likeness (QED) is 0.714. The molecular formula is C16H14BrN3O. The van der Waals surface area contributed by atoms with E-state index in [1.165, 1.54) is 0 Å². The van der Waals surface area contributed by atoms with E-state index in [4.69, 9.17) is 0 Å². The molecule has 3 aromatic rings. The van der Waals surface area contributed by atoms with E-state index in [1.54, 1.807) is 0 Å². The minimum Gasteiger partial charge on any atom is -0.379 e. The van der Waals surface area contributed by atoms with Crippen molar-refractivity contribution in [3.63, 3.8) is 0 Å². The standard InChI is InChI=1S/C16H14BrN3O/c1-10-13(6-7-15(17)19-10)18-9-12-8-11-4-2-3-5-14(11)20-16(12)21/h2-8,18H,9H2,1H3,(H,20,21). The first-order valence-electron chi connectivity index (χ1n) is 6.61. The van der Waals surface area contributed by atoms with Gasteiger partial charge in [-0.25, -0.2) is 4.98 Å². The number of hydrogen-bond donors (Lipinski definition) is 2. The van der Waals surface area contributed by atoms with Crippen LogP contribution in [0.2, 0.25) is 0 Å². The fourth-order valence-corrected chi connectivity index (χ4v) is 2.63. The largest absolute Gasteiger partial charge is 0.379 e. The number of fused-ring (bicyclic) bond motifs is 1. The Hall–Kier alpha value is -2.14. The summed E-state index contributed by atoms with van der Waals surface area (Å²) in [6.07, 6.45) is 0. The second-order valence-electron chi connectivity index (χ2n) is 4.83. The van der Waals surface area contributed by atoms with Crippen molar-refractivity contribution in [2.75, 3.05) is 5.32 Å². The number of para-hydroxylation sites is 1. The molecule has 0 saturated heterocycles. The highest BCUT2D eigenvalue weighted by Gasteiger charge is 2.04. The van der Waals surface area contributed by atoms with Gasteiger partial charge < -0.3 is 10.3 Å². The molecule has 21 heavy (non-hydrogen) atoms. The smallest absolute Gasteiger partial charge is 0.253 e. The number of aromatic nitrogens is 2. The molecule has 0 unspecified atom stereocenters. The van der Waals surface area contributed by atoms with Crippen molar-refractivity contribution < 1.29 is 0 Å². The third kappa shape index (κ3) is 2.97. The van der Waals surface area contributed by atoms with Gasteiger partial charge >= 0.3 is 0 Å². The number of aromatic amines is 1. The zero-order valence-electron chi connectivity index (χ0n) is 11.5. The van der Waals surface area contributed by atoms with Gasteiger partial charge in [-0.2, -0.15) is 0 Å². The molecule has 0 aliphatic rings. The molecule has 0 aliphatic heterocycles. The number of aryl methyl sites for hydroxylation is 1. The summed E-state index contributed by atoms with van der Waals surface area (Å²) >= 11 is 3.34. The van der Waals surface area contributed by atoms with Crippen molar-refractivity contribution >= 4 is 32.5 Å². The Balaban J connectivity index is 1.88. The second-order valence-corrected chi connectivity index (χ2v) is 5.64. The number of anilines is 1. The van der Waals surface area contributed by atoms with Crippen LogP contribution in [-0.4, -0.2) is 9.97 Å². The third-order valence-electron chi connectivity index (χ3n) is 3.35. The number of H-pyrrole nitrogens is 1. The highest BCUT2D eigenvalue weighted by atomic mass is 79.9. The summed E-state index contributed by atoms with van der Waals surface area (Å²) in [5.74, 6) is 0. The molecule has 0 bridgehead atoms. The Morgan fingerprint density at radius 1 is 1.24 bits per heavy atom. The van der Waals surface area contributed by atoms with Crippen molar-refractivity contribution in [3.05, 3.63) is 68.7 Å².